The lowest BCUT2D eigenvalue weighted by molar-refractivity contribution is 0.414. The molecule has 1 aromatic carbocycles. The first kappa shape index (κ1) is 4.83. The highest BCUT2D eigenvalue weighted by molar-refractivity contribution is 7.88. The third-order valence-corrected chi connectivity index (χ3v) is 3.09. The van der Waals surface area contributed by atoms with Crippen molar-refractivity contribution < 1.29 is 29.1 Å². The van der Waals surface area contributed by atoms with E-state index in [1.165, 1.54) is 0 Å². The minimum absolute atomic E-state index is 0.0380. The number of benzene rings is 1. The van der Waals surface area contributed by atoms with Crippen LogP contribution in [0.3, 0.4) is 0 Å². The van der Waals surface area contributed by atoms with Gasteiger partial charge in [-0.25, -0.2) is 13.1 Å². The lowest BCUT2D eigenvalue weighted by Gasteiger charge is -2.08. The summed E-state index contributed by atoms with van der Waals surface area (Å²) >= 11 is 0. The van der Waals surface area contributed by atoms with E-state index >= 15 is 0 Å². The van der Waals surface area contributed by atoms with Gasteiger partial charge in [0.1, 0.15) is 1.41 Å². The van der Waals surface area contributed by atoms with Crippen molar-refractivity contribution in [2.45, 2.75) is 12.1 Å². The van der Waals surface area contributed by atoms with Gasteiger partial charge < -0.3 is 9.88 Å². The molecule has 0 aliphatic carbocycles. The van der Waals surface area contributed by atoms with Gasteiger partial charge in [0.25, 0.3) is 0 Å². The van der Waals surface area contributed by atoms with Crippen LogP contribution >= 0.6 is 0 Å². The zero-order valence-corrected chi connectivity index (χ0v) is 11.4. The zero-order chi connectivity index (χ0) is 27.9. The molecule has 0 unspecified atom stereocenters. The minimum Gasteiger partial charge on any atom is -0.361 e. The van der Waals surface area contributed by atoms with Crippen LogP contribution in [0.5, 0.6) is 0 Å². The largest absolute Gasteiger partial charge is 0.361 e. The molecule has 2 aromatic rings. The number of aromatic amines is 1. The average Bonchev–Trinajstić information content (AvgIpc) is 2.96. The number of hydrogen-bond acceptors (Lipinski definition) is 3. The predicted molar refractivity (Wildman–Crippen MR) is 82.2 cm³/mol. The first-order chi connectivity index (χ1) is 15.4. The molecule has 5 nitrogen and oxygen atoms in total. The summed E-state index contributed by atoms with van der Waals surface area (Å²) in [6.45, 7) is -6.60. The molecule has 2 rings (SSSR count). The van der Waals surface area contributed by atoms with E-state index in [2.05, 4.69) is 0 Å². The van der Waals surface area contributed by atoms with Gasteiger partial charge in [-0.05, 0) is 50.7 Å². The van der Waals surface area contributed by atoms with Crippen molar-refractivity contribution >= 4 is 20.9 Å². The molecule has 2 N–H and O–H groups in total. The second-order valence-electron chi connectivity index (χ2n) is 3.63. The summed E-state index contributed by atoms with van der Waals surface area (Å²) in [6, 6.07) is -3.48. The van der Waals surface area contributed by atoms with Crippen LogP contribution in [0.2, 0.25) is 2.82 Å². The molecule has 0 radical (unpaired) electrons. The molecule has 0 saturated carbocycles. The Morgan fingerprint density at radius 3 is 3.15 bits per heavy atom. The lowest BCUT2D eigenvalue weighted by Crippen LogP contribution is -2.20. The summed E-state index contributed by atoms with van der Waals surface area (Å²) in [4.78, 5) is 0.132. The molecule has 0 fully saturated rings. The maximum atomic E-state index is 12.5. The number of fused-ring (bicyclic) bond motifs is 1. The number of sulfonamides is 1. The molecule has 110 valence electrons. The van der Waals surface area contributed by atoms with Crippen LogP contribution in [0.4, 0.5) is 0 Å². The van der Waals surface area contributed by atoms with Gasteiger partial charge in [0.2, 0.25) is 10.0 Å². The Kier molecular flexibility index (Phi) is 1.44. The number of H-pyrrole nitrogens is 1. The molecule has 1 aromatic heterocycles. The van der Waals surface area contributed by atoms with Crippen molar-refractivity contribution in [1.82, 2.24) is 14.6 Å². The Labute approximate surface area is 141 Å². The molecule has 20 heavy (non-hydrogen) atoms. The fraction of sp³-hybridized carbons (Fsp3) is 0.429. The second kappa shape index (κ2) is 5.95. The van der Waals surface area contributed by atoms with Crippen molar-refractivity contribution in [2.24, 2.45) is 0 Å². The van der Waals surface area contributed by atoms with Crippen LogP contribution in [0, 0.1) is 0 Å². The Morgan fingerprint density at radius 1 is 1.65 bits per heavy atom. The Bertz CT molecular complexity index is 1280. The summed E-state index contributed by atoms with van der Waals surface area (Å²) in [6.07, 6.45) is -4.62. The maximum absolute atomic E-state index is 12.5. The van der Waals surface area contributed by atoms with Crippen molar-refractivity contribution in [3.63, 3.8) is 0 Å². The predicted octanol–water partition coefficient (Wildman–Crippen LogP) is 1.32. The standard InChI is InChI=1S/C14H21N3O2S/c1-15-20(18,19)10-11-4-5-14-13(8-11)12(9-16-14)6-7-17(2)3/h4-5,8-9,15-16H,6-7,10H2,1-3H3/i2D3,4D,5D,6D2,7D2,8D,9D,10D2/hD2. The minimum atomic E-state index is -5.21. The fourth-order valence-electron chi connectivity index (χ4n) is 1.29. The molecule has 0 spiro atoms. The molecular weight excluding hydrogens is 274 g/mol. The van der Waals surface area contributed by atoms with Crippen molar-refractivity contribution in [3.05, 3.63) is 35.4 Å². The van der Waals surface area contributed by atoms with Crippen LogP contribution in [-0.2, 0) is 22.1 Å². The highest BCUT2D eigenvalue weighted by Gasteiger charge is 2.11. The molecule has 6 heteroatoms. The average molecular weight is 310 g/mol. The summed E-state index contributed by atoms with van der Waals surface area (Å²) in [5.41, 5.74) is -6.86. The lowest BCUT2D eigenvalue weighted by atomic mass is 10.1. The van der Waals surface area contributed by atoms with Gasteiger partial charge in [-0.2, -0.15) is 0 Å². The van der Waals surface area contributed by atoms with E-state index in [0.717, 1.165) is 7.05 Å². The summed E-state index contributed by atoms with van der Waals surface area (Å²) in [5.74, 6) is 0. The molecule has 0 aliphatic heterocycles. The fourth-order valence-corrected chi connectivity index (χ4v) is 1.74. The Balaban J connectivity index is 3.15. The first-order valence-corrected chi connectivity index (χ1v) is 6.70. The highest BCUT2D eigenvalue weighted by Crippen LogP contribution is 2.21. The molecule has 0 bridgehead atoms. The van der Waals surface area contributed by atoms with E-state index in [4.69, 9.17) is 20.6 Å². The van der Waals surface area contributed by atoms with Gasteiger partial charge in [-0.3, -0.25) is 0 Å². The molecule has 0 saturated heterocycles. The summed E-state index contributed by atoms with van der Waals surface area (Å²) in [7, 11) is -3.82. The number of likely N-dealkylation sites (N-methyl/N-ethyl adjacent to an activating group) is 1. The van der Waals surface area contributed by atoms with E-state index in [0.29, 0.717) is 7.05 Å². The number of nitrogens with one attached hydrogen (secondary N) is 2. The molecule has 1 heterocycles. The number of hydrogen-bond donors (Lipinski definition) is 2. The Hall–Kier alpha value is -1.37. The van der Waals surface area contributed by atoms with Crippen LogP contribution in [0.15, 0.2) is 24.3 Å². The summed E-state index contributed by atoms with van der Waals surface area (Å²) in [5, 5.41) is -0.916. The van der Waals surface area contributed by atoms with Crippen LogP contribution in [-0.4, -0.2) is 45.9 Å². The smallest absolute Gasteiger partial charge is 0.215 e. The zero-order valence-electron chi connectivity index (χ0n) is 25.6. The van der Waals surface area contributed by atoms with Crippen molar-refractivity contribution in [2.75, 3.05) is 27.6 Å². The SMILES string of the molecule is [2H]c1c(C([2H])([2H])S(=O)(=O)N([2H])C)c([2H])c2c(C([2H])([2H])C([2H])([2H])N(C)C([2H])([2H])[2H])c([2H])n([2H])c2c1[2H]. The molecular formula is C14H21N3O2S. The van der Waals surface area contributed by atoms with E-state index in [-0.39, 0.29) is 14.6 Å². The first-order valence-electron chi connectivity index (χ1n) is 12.7. The van der Waals surface area contributed by atoms with E-state index < -0.39 is 81.9 Å². The molecule has 0 atom stereocenters. The number of aromatic nitrogens is 1. The molecule has 0 amide bonds. The third kappa shape index (κ3) is 3.59. The van der Waals surface area contributed by atoms with Gasteiger partial charge >= 0.3 is 0 Å². The van der Waals surface area contributed by atoms with Gasteiger partial charge in [0.15, 0.2) is 1.41 Å². The van der Waals surface area contributed by atoms with Gasteiger partial charge in [0.05, 0.1) is 11.2 Å². The Morgan fingerprint density at radius 2 is 2.45 bits per heavy atom. The summed E-state index contributed by atoms with van der Waals surface area (Å²) < 4.78 is 144. The van der Waals surface area contributed by atoms with E-state index in [9.17, 15) is 8.42 Å². The van der Waals surface area contributed by atoms with Crippen molar-refractivity contribution in [1.29, 1.82) is 0 Å². The van der Waals surface area contributed by atoms with Crippen LogP contribution in [0.1, 0.15) is 28.9 Å². The second-order valence-corrected chi connectivity index (χ2v) is 5.15. The normalized spacial score (nSPS) is 26.3. The number of nitrogens with zero attached hydrogens (tertiary/aromatic N) is 1. The van der Waals surface area contributed by atoms with Crippen LogP contribution < -0.4 is 4.72 Å². The quantitative estimate of drug-likeness (QED) is 0.846. The molecule has 0 aliphatic rings. The van der Waals surface area contributed by atoms with Crippen molar-refractivity contribution in [3.8, 4) is 0 Å². The van der Waals surface area contributed by atoms with E-state index in [1.54, 1.807) is 0 Å². The monoisotopic (exact) mass is 310 g/mol. The van der Waals surface area contributed by atoms with Gasteiger partial charge in [0, 0.05) is 35.9 Å². The van der Waals surface area contributed by atoms with Gasteiger partial charge in [-0.15, -0.1) is 0 Å². The van der Waals surface area contributed by atoms with Gasteiger partial charge in [-0.1, -0.05) is 6.04 Å². The maximum Gasteiger partial charge on any atom is 0.215 e. The highest BCUT2D eigenvalue weighted by atomic mass is 32.2. The number of aryl methyl sites for hydroxylation is 1. The number of rotatable bonds is 6. The third-order valence-electron chi connectivity index (χ3n) is 2.14. The topological polar surface area (TPSA) is 65.2 Å². The van der Waals surface area contributed by atoms with E-state index in [1.807, 2.05) is 0 Å². The van der Waals surface area contributed by atoms with Crippen LogP contribution in [0.25, 0.3) is 10.9 Å².